The van der Waals surface area contributed by atoms with E-state index in [-0.39, 0.29) is 11.6 Å². The lowest BCUT2D eigenvalue weighted by molar-refractivity contribution is -0.919. The fourth-order valence-electron chi connectivity index (χ4n) is 2.77. The van der Waals surface area contributed by atoms with E-state index in [4.69, 9.17) is 4.42 Å². The standard InChI is InChI=1S/C18H20N4O3/c1-3-21(4-2)12-22-14-9-6-5-8-13(14)16(18(22)24)19-20-17(23)15-10-7-11-25-15/h5-11,24H,3-4,12H2,1-2H3/p+1. The number of furan rings is 1. The van der Waals surface area contributed by atoms with E-state index < -0.39 is 5.91 Å². The molecule has 0 saturated carbocycles. The number of quaternary nitrogens is 1. The molecule has 2 heterocycles. The molecule has 0 radical (unpaired) electrons. The third-order valence-corrected chi connectivity index (χ3v) is 4.27. The summed E-state index contributed by atoms with van der Waals surface area (Å²) in [5.41, 5.74) is 1.15. The number of hydrogen-bond acceptors (Lipinski definition) is 4. The van der Waals surface area contributed by atoms with Crippen molar-refractivity contribution in [2.45, 2.75) is 20.5 Å². The molecule has 7 heteroatoms. The number of carbonyl (C=O) groups is 1. The third kappa shape index (κ3) is 3.32. The lowest BCUT2D eigenvalue weighted by Gasteiger charge is -2.17. The van der Waals surface area contributed by atoms with E-state index in [1.54, 1.807) is 6.07 Å². The SMILES string of the molecule is CC[NH+](CC)Cn1c(O)c(N=NC(=O)c2ccco2)c2ccccc21. The van der Waals surface area contributed by atoms with Gasteiger partial charge in [0.1, 0.15) is 0 Å². The van der Waals surface area contributed by atoms with E-state index in [0.717, 1.165) is 24.0 Å². The zero-order valence-corrected chi connectivity index (χ0v) is 14.3. The Hall–Kier alpha value is -2.93. The van der Waals surface area contributed by atoms with Crippen LogP contribution in [0.4, 0.5) is 5.69 Å². The maximum Gasteiger partial charge on any atom is 0.331 e. The van der Waals surface area contributed by atoms with E-state index in [9.17, 15) is 9.90 Å². The van der Waals surface area contributed by atoms with Crippen molar-refractivity contribution < 1.29 is 19.2 Å². The highest BCUT2D eigenvalue weighted by atomic mass is 16.3. The van der Waals surface area contributed by atoms with Crippen LogP contribution in [0, 0.1) is 0 Å². The van der Waals surface area contributed by atoms with Crippen LogP contribution < -0.4 is 4.90 Å². The van der Waals surface area contributed by atoms with Gasteiger partial charge in [-0.1, -0.05) is 18.2 Å². The van der Waals surface area contributed by atoms with Gasteiger partial charge in [0.25, 0.3) is 0 Å². The van der Waals surface area contributed by atoms with Crippen LogP contribution in [0.25, 0.3) is 10.9 Å². The summed E-state index contributed by atoms with van der Waals surface area (Å²) in [6.07, 6.45) is 1.40. The quantitative estimate of drug-likeness (QED) is 0.676. The summed E-state index contributed by atoms with van der Waals surface area (Å²) in [6, 6.07) is 10.7. The van der Waals surface area contributed by atoms with Gasteiger partial charge < -0.3 is 14.4 Å². The van der Waals surface area contributed by atoms with Gasteiger partial charge in [-0.3, -0.25) is 9.36 Å². The first-order valence-corrected chi connectivity index (χ1v) is 8.29. The lowest BCUT2D eigenvalue weighted by atomic mass is 10.2. The largest absolute Gasteiger partial charge is 0.493 e. The number of aromatic hydroxyl groups is 1. The molecule has 130 valence electrons. The number of aromatic nitrogens is 1. The summed E-state index contributed by atoms with van der Waals surface area (Å²) in [5.74, 6) is -0.466. The Labute approximate surface area is 145 Å². The van der Waals surface area contributed by atoms with Crippen molar-refractivity contribution in [3.8, 4) is 5.88 Å². The molecular weight excluding hydrogens is 320 g/mol. The van der Waals surface area contributed by atoms with Gasteiger partial charge in [-0.15, -0.1) is 10.2 Å². The number of nitrogens with one attached hydrogen (secondary N) is 1. The minimum absolute atomic E-state index is 0.0107. The van der Waals surface area contributed by atoms with Crippen LogP contribution in [0.1, 0.15) is 24.4 Å². The van der Waals surface area contributed by atoms with Crippen LogP contribution >= 0.6 is 0 Å². The van der Waals surface area contributed by atoms with Crippen LogP contribution in [0.2, 0.25) is 0 Å². The second-order valence-corrected chi connectivity index (χ2v) is 5.72. The van der Waals surface area contributed by atoms with Crippen LogP contribution in [0.5, 0.6) is 5.88 Å². The van der Waals surface area contributed by atoms with Gasteiger partial charge in [0.05, 0.1) is 24.9 Å². The molecule has 3 aromatic rings. The van der Waals surface area contributed by atoms with Gasteiger partial charge in [-0.05, 0) is 32.0 Å². The Morgan fingerprint density at radius 1 is 1.20 bits per heavy atom. The van der Waals surface area contributed by atoms with Crippen molar-refractivity contribution in [3.63, 3.8) is 0 Å². The molecule has 0 aliphatic rings. The highest BCUT2D eigenvalue weighted by Gasteiger charge is 2.19. The highest BCUT2D eigenvalue weighted by molar-refractivity contribution is 5.96. The molecule has 0 fully saturated rings. The van der Waals surface area contributed by atoms with E-state index in [1.165, 1.54) is 17.2 Å². The van der Waals surface area contributed by atoms with Gasteiger partial charge >= 0.3 is 5.91 Å². The number of rotatable bonds is 6. The molecule has 0 atom stereocenters. The van der Waals surface area contributed by atoms with Gasteiger partial charge in [0.15, 0.2) is 18.1 Å². The molecule has 0 aliphatic heterocycles. The summed E-state index contributed by atoms with van der Waals surface area (Å²) in [5, 5.41) is 19.1. The topological polar surface area (TPSA) is 84.5 Å². The normalized spacial score (nSPS) is 11.8. The second-order valence-electron chi connectivity index (χ2n) is 5.72. The molecule has 0 bridgehead atoms. The van der Waals surface area contributed by atoms with Crippen LogP contribution in [0.15, 0.2) is 57.3 Å². The maximum absolute atomic E-state index is 12.0. The fraction of sp³-hybridized carbons (Fsp3) is 0.278. The summed E-state index contributed by atoms with van der Waals surface area (Å²) >= 11 is 0. The van der Waals surface area contributed by atoms with E-state index in [2.05, 4.69) is 24.1 Å². The van der Waals surface area contributed by atoms with Gasteiger partial charge in [0.2, 0.25) is 5.88 Å². The Balaban J connectivity index is 2.00. The van der Waals surface area contributed by atoms with Crippen LogP contribution in [-0.2, 0) is 6.67 Å². The van der Waals surface area contributed by atoms with Crippen molar-refractivity contribution in [1.82, 2.24) is 4.57 Å². The van der Waals surface area contributed by atoms with E-state index in [1.807, 2.05) is 28.8 Å². The van der Waals surface area contributed by atoms with Gasteiger partial charge in [-0.25, -0.2) is 0 Å². The van der Waals surface area contributed by atoms with Crippen molar-refractivity contribution in [1.29, 1.82) is 0 Å². The zero-order chi connectivity index (χ0) is 17.8. The second kappa shape index (κ2) is 7.31. The molecule has 7 nitrogen and oxygen atoms in total. The predicted octanol–water partition coefficient (Wildman–Crippen LogP) is 2.75. The fourth-order valence-corrected chi connectivity index (χ4v) is 2.77. The van der Waals surface area contributed by atoms with Crippen molar-refractivity contribution >= 4 is 22.5 Å². The molecule has 0 aliphatic carbocycles. The molecule has 25 heavy (non-hydrogen) atoms. The first kappa shape index (κ1) is 16.9. The monoisotopic (exact) mass is 341 g/mol. The molecule has 0 unspecified atom stereocenters. The number of nitrogens with zero attached hydrogens (tertiary/aromatic N) is 3. The lowest BCUT2D eigenvalue weighted by Crippen LogP contribution is -3.10. The molecular formula is C18H21N4O3+. The summed E-state index contributed by atoms with van der Waals surface area (Å²) in [7, 11) is 0. The minimum Gasteiger partial charge on any atom is -0.493 e. The van der Waals surface area contributed by atoms with E-state index >= 15 is 0 Å². The number of hydrogen-bond donors (Lipinski definition) is 2. The average molecular weight is 341 g/mol. The van der Waals surface area contributed by atoms with Gasteiger partial charge in [0, 0.05) is 5.39 Å². The molecule has 1 aromatic carbocycles. The predicted molar refractivity (Wildman–Crippen MR) is 93.2 cm³/mol. The highest BCUT2D eigenvalue weighted by Crippen LogP contribution is 2.38. The third-order valence-electron chi connectivity index (χ3n) is 4.27. The number of benzene rings is 1. The molecule has 2 N–H and O–H groups in total. The number of carbonyl (C=O) groups excluding carboxylic acids is 1. The summed E-state index contributed by atoms with van der Waals surface area (Å²) < 4.78 is 6.82. The van der Waals surface area contributed by atoms with E-state index in [0.29, 0.717) is 12.4 Å². The number of azo groups is 1. The molecule has 1 amide bonds. The zero-order valence-electron chi connectivity index (χ0n) is 14.3. The van der Waals surface area contributed by atoms with Crippen molar-refractivity contribution in [3.05, 3.63) is 48.4 Å². The number of para-hydroxylation sites is 1. The summed E-state index contributed by atoms with van der Waals surface area (Å²) in [6.45, 7) is 6.70. The first-order valence-electron chi connectivity index (χ1n) is 8.29. The average Bonchev–Trinajstić information content (AvgIpc) is 3.25. The Morgan fingerprint density at radius 2 is 1.96 bits per heavy atom. The molecule has 3 rings (SSSR count). The number of amides is 1. The maximum atomic E-state index is 12.0. The molecule has 0 saturated heterocycles. The van der Waals surface area contributed by atoms with Crippen molar-refractivity contribution in [2.24, 2.45) is 10.2 Å². The Kier molecular flexibility index (Phi) is 4.95. The van der Waals surface area contributed by atoms with Gasteiger partial charge in [-0.2, -0.15) is 0 Å². The Bertz CT molecular complexity index is 893. The molecule has 2 aromatic heterocycles. The van der Waals surface area contributed by atoms with Crippen molar-refractivity contribution in [2.75, 3.05) is 13.1 Å². The first-order chi connectivity index (χ1) is 12.2. The Morgan fingerprint density at radius 3 is 2.64 bits per heavy atom. The number of fused-ring (bicyclic) bond motifs is 1. The summed E-state index contributed by atoms with van der Waals surface area (Å²) in [4.78, 5) is 13.3. The van der Waals surface area contributed by atoms with Crippen LogP contribution in [-0.4, -0.2) is 28.7 Å². The van der Waals surface area contributed by atoms with Crippen LogP contribution in [0.3, 0.4) is 0 Å². The molecule has 0 spiro atoms. The minimum atomic E-state index is -0.587. The smallest absolute Gasteiger partial charge is 0.331 e.